The van der Waals surface area contributed by atoms with Crippen molar-refractivity contribution in [2.24, 2.45) is 0 Å². The van der Waals surface area contributed by atoms with Crippen LogP contribution < -0.4 is 4.57 Å². The number of rotatable bonds is 9. The van der Waals surface area contributed by atoms with E-state index < -0.39 is 10.7 Å². The van der Waals surface area contributed by atoms with Crippen LogP contribution >= 0.6 is 23.2 Å². The van der Waals surface area contributed by atoms with Crippen LogP contribution in [-0.4, -0.2) is 33.2 Å². The molecule has 178 valence electrons. The summed E-state index contributed by atoms with van der Waals surface area (Å²) in [6, 6.07) is 10.7. The molecule has 0 spiro atoms. The van der Waals surface area contributed by atoms with E-state index in [9.17, 15) is 14.9 Å². The van der Waals surface area contributed by atoms with Crippen molar-refractivity contribution in [2.75, 3.05) is 6.61 Å². The van der Waals surface area contributed by atoms with E-state index in [1.165, 1.54) is 30.6 Å². The number of nitrogens with zero attached hydrogens (tertiary/aromatic N) is 4. The molecule has 34 heavy (non-hydrogen) atoms. The fourth-order valence-corrected chi connectivity index (χ4v) is 4.46. The first kappa shape index (κ1) is 24.3. The topological polar surface area (TPSA) is 100 Å². The number of carbonyl (C=O) groups is 1. The van der Waals surface area contributed by atoms with Crippen molar-refractivity contribution in [3.8, 4) is 0 Å². The van der Waals surface area contributed by atoms with Crippen LogP contribution in [0.1, 0.15) is 35.7 Å². The molecule has 0 unspecified atom stereocenters. The zero-order chi connectivity index (χ0) is 24.3. The van der Waals surface area contributed by atoms with Crippen LogP contribution in [0.15, 0.2) is 55.1 Å². The summed E-state index contributed by atoms with van der Waals surface area (Å²) in [4.78, 5) is 22.9. The van der Waals surface area contributed by atoms with Gasteiger partial charge in [-0.25, -0.2) is 4.57 Å². The number of non-ortho nitro benzene ring substituents is 1. The molecule has 1 aliphatic rings. The fraction of sp³-hybridized carbons (Fsp3) is 0.348. The Morgan fingerprint density at radius 3 is 2.74 bits per heavy atom. The van der Waals surface area contributed by atoms with Crippen LogP contribution in [0.3, 0.4) is 0 Å². The van der Waals surface area contributed by atoms with Crippen molar-refractivity contribution >= 4 is 34.7 Å². The highest BCUT2D eigenvalue weighted by Crippen LogP contribution is 2.41. The summed E-state index contributed by atoms with van der Waals surface area (Å²) >= 11 is 12.6. The first-order valence-corrected chi connectivity index (χ1v) is 11.5. The molecule has 1 aromatic heterocycles. The van der Waals surface area contributed by atoms with Crippen LogP contribution in [-0.2, 0) is 28.4 Å². The summed E-state index contributed by atoms with van der Waals surface area (Å²) in [5.74, 6) is -1.35. The standard InChI is InChI=1S/C23H23Cl2N4O5/c1-2-3-19-12-33-23(34-19,20-9-6-17(24)10-21(20)25)13-28-15-27(14-26-28)11-22(30)16-4-7-18(8-5-16)29(31)32/h4-10,14-15,19H,2-3,11-13H2,1H3/q+1/t19-,23+/m1/s1. The Labute approximate surface area is 206 Å². The molecule has 9 nitrogen and oxygen atoms in total. The average molecular weight is 506 g/mol. The van der Waals surface area contributed by atoms with E-state index in [0.29, 0.717) is 27.8 Å². The highest BCUT2D eigenvalue weighted by atomic mass is 35.5. The van der Waals surface area contributed by atoms with E-state index in [1.54, 1.807) is 33.8 Å². The van der Waals surface area contributed by atoms with Gasteiger partial charge in [0.15, 0.2) is 12.3 Å². The van der Waals surface area contributed by atoms with E-state index in [4.69, 9.17) is 32.7 Å². The van der Waals surface area contributed by atoms with Gasteiger partial charge in [0.1, 0.15) is 6.54 Å². The van der Waals surface area contributed by atoms with Crippen LogP contribution in [0.2, 0.25) is 10.0 Å². The zero-order valence-electron chi connectivity index (χ0n) is 18.4. The van der Waals surface area contributed by atoms with Gasteiger partial charge in [0.05, 0.1) is 22.7 Å². The molecule has 3 aromatic rings. The summed E-state index contributed by atoms with van der Waals surface area (Å²) in [6.07, 6.45) is 4.91. The Balaban J connectivity index is 1.53. The second kappa shape index (κ2) is 10.2. The molecule has 1 saturated heterocycles. The molecule has 0 aliphatic carbocycles. The number of hydrogen-bond acceptors (Lipinski definition) is 6. The third kappa shape index (κ3) is 5.28. The van der Waals surface area contributed by atoms with Crippen molar-refractivity contribution in [1.29, 1.82) is 0 Å². The predicted molar refractivity (Wildman–Crippen MR) is 124 cm³/mol. The summed E-state index contributed by atoms with van der Waals surface area (Å²) in [6.45, 7) is 2.74. The van der Waals surface area contributed by atoms with Gasteiger partial charge in [-0.3, -0.25) is 14.9 Å². The van der Waals surface area contributed by atoms with Gasteiger partial charge in [-0.2, -0.15) is 0 Å². The van der Waals surface area contributed by atoms with Gasteiger partial charge in [-0.1, -0.05) is 42.6 Å². The Bertz CT molecular complexity index is 1200. The average Bonchev–Trinajstić information content (AvgIpc) is 3.41. The monoisotopic (exact) mass is 505 g/mol. The van der Waals surface area contributed by atoms with E-state index in [-0.39, 0.29) is 30.7 Å². The van der Waals surface area contributed by atoms with Crippen molar-refractivity contribution in [2.45, 2.75) is 44.7 Å². The maximum atomic E-state index is 12.6. The fourth-order valence-electron chi connectivity index (χ4n) is 3.90. The number of nitro benzene ring substituents is 1. The lowest BCUT2D eigenvalue weighted by Crippen LogP contribution is -2.37. The number of aromatic nitrogens is 3. The predicted octanol–water partition coefficient (Wildman–Crippen LogP) is 4.34. The SMILES string of the molecule is CCC[C@@H]1CO[C@](Cn2c[n+](CC(=O)c3ccc([N+](=O)[O-])cc3)cn2)(c2ccc(Cl)cc2Cl)O1. The van der Waals surface area contributed by atoms with Crippen molar-refractivity contribution < 1.29 is 23.8 Å². The molecule has 2 atom stereocenters. The van der Waals surface area contributed by atoms with Crippen molar-refractivity contribution in [3.63, 3.8) is 0 Å². The maximum absolute atomic E-state index is 12.6. The van der Waals surface area contributed by atoms with E-state index in [2.05, 4.69) is 12.0 Å². The number of nitro groups is 1. The number of halogens is 2. The molecule has 11 heteroatoms. The van der Waals surface area contributed by atoms with Gasteiger partial charge in [-0.15, -0.1) is 4.68 Å². The van der Waals surface area contributed by atoms with Gasteiger partial charge in [0.2, 0.25) is 12.1 Å². The maximum Gasteiger partial charge on any atom is 0.269 e. The molecule has 2 aromatic carbocycles. The Kier molecular flexibility index (Phi) is 7.27. The van der Waals surface area contributed by atoms with E-state index in [1.807, 2.05) is 0 Å². The van der Waals surface area contributed by atoms with Crippen molar-refractivity contribution in [3.05, 3.63) is 86.4 Å². The molecule has 4 rings (SSSR count). The number of ketones is 1. The van der Waals surface area contributed by atoms with Gasteiger partial charge in [0.25, 0.3) is 12.0 Å². The van der Waals surface area contributed by atoms with Crippen LogP contribution in [0.5, 0.6) is 0 Å². The number of ether oxygens (including phenoxy) is 2. The van der Waals surface area contributed by atoms with Gasteiger partial charge < -0.3 is 9.47 Å². The number of carbonyl (C=O) groups excluding carboxylic acids is 1. The van der Waals surface area contributed by atoms with Gasteiger partial charge in [-0.05, 0) is 30.7 Å². The minimum absolute atomic E-state index is 0.0205. The van der Waals surface area contributed by atoms with Crippen LogP contribution in [0, 0.1) is 10.1 Å². The smallest absolute Gasteiger partial charge is 0.269 e. The zero-order valence-corrected chi connectivity index (χ0v) is 19.9. The number of benzene rings is 2. The summed E-state index contributed by atoms with van der Waals surface area (Å²) in [7, 11) is 0. The number of Topliss-reactive ketones (excluding diaryl/α,β-unsaturated/α-hetero) is 1. The second-order valence-corrected chi connectivity index (χ2v) is 8.90. The Hall–Kier alpha value is -2.85. The minimum Gasteiger partial charge on any atom is -0.341 e. The van der Waals surface area contributed by atoms with E-state index >= 15 is 0 Å². The molecule has 0 radical (unpaired) electrons. The minimum atomic E-state index is -1.15. The lowest BCUT2D eigenvalue weighted by Gasteiger charge is -2.27. The molecular formula is C23H23Cl2N4O5+. The van der Waals surface area contributed by atoms with Gasteiger partial charge in [0, 0.05) is 33.4 Å². The molecule has 0 amide bonds. The first-order chi connectivity index (χ1) is 16.3. The molecule has 1 fully saturated rings. The molecule has 0 N–H and O–H groups in total. The number of hydrogen-bond donors (Lipinski definition) is 0. The molecule has 1 aliphatic heterocycles. The molecule has 0 bridgehead atoms. The molecular weight excluding hydrogens is 483 g/mol. The second-order valence-electron chi connectivity index (χ2n) is 8.06. The lowest BCUT2D eigenvalue weighted by atomic mass is 10.1. The molecule has 2 heterocycles. The van der Waals surface area contributed by atoms with Crippen LogP contribution in [0.4, 0.5) is 5.69 Å². The summed E-state index contributed by atoms with van der Waals surface area (Å²) < 4.78 is 15.8. The first-order valence-electron chi connectivity index (χ1n) is 10.8. The summed E-state index contributed by atoms with van der Waals surface area (Å²) in [5.41, 5.74) is 0.961. The quantitative estimate of drug-likeness (QED) is 0.185. The Morgan fingerprint density at radius 1 is 1.29 bits per heavy atom. The van der Waals surface area contributed by atoms with Crippen LogP contribution in [0.25, 0.3) is 0 Å². The van der Waals surface area contributed by atoms with E-state index in [0.717, 1.165) is 12.8 Å². The third-order valence-electron chi connectivity index (χ3n) is 5.54. The third-order valence-corrected chi connectivity index (χ3v) is 6.09. The normalized spacial score (nSPS) is 19.9. The highest BCUT2D eigenvalue weighted by Gasteiger charge is 2.46. The summed E-state index contributed by atoms with van der Waals surface area (Å²) in [5, 5.41) is 16.1. The molecule has 0 saturated carbocycles. The Morgan fingerprint density at radius 2 is 2.06 bits per heavy atom. The van der Waals surface area contributed by atoms with Crippen molar-refractivity contribution in [1.82, 2.24) is 9.78 Å². The largest absolute Gasteiger partial charge is 0.341 e. The lowest BCUT2D eigenvalue weighted by molar-refractivity contribution is -0.684. The highest BCUT2D eigenvalue weighted by molar-refractivity contribution is 6.35. The van der Waals surface area contributed by atoms with Gasteiger partial charge >= 0.3 is 0 Å².